The van der Waals surface area contributed by atoms with Gasteiger partial charge in [-0.15, -0.1) is 0 Å². The minimum absolute atomic E-state index is 0.235. The van der Waals surface area contributed by atoms with E-state index in [1.54, 1.807) is 0 Å². The van der Waals surface area contributed by atoms with Crippen LogP contribution in [0.5, 0.6) is 0 Å². The molecule has 140 valence electrons. The van der Waals surface area contributed by atoms with Gasteiger partial charge in [0.2, 0.25) is 0 Å². The van der Waals surface area contributed by atoms with Crippen LogP contribution in [0.1, 0.15) is 91.9 Å². The quantitative estimate of drug-likeness (QED) is 0.346. The van der Waals surface area contributed by atoms with Crippen molar-refractivity contribution in [2.75, 3.05) is 13.2 Å². The monoisotopic (exact) mass is 350 g/mol. The fraction of sp³-hybridized carbons (Fsp3) is 1.00. The van der Waals surface area contributed by atoms with E-state index in [0.717, 1.165) is 50.4 Å². The van der Waals surface area contributed by atoms with Crippen LogP contribution in [0.15, 0.2) is 0 Å². The second-order valence-electron chi connectivity index (χ2n) is 7.25. The van der Waals surface area contributed by atoms with E-state index >= 15 is 0 Å². The summed E-state index contributed by atoms with van der Waals surface area (Å²) in [6, 6.07) is 0. The average molecular weight is 351 g/mol. The molecule has 0 aliphatic heterocycles. The summed E-state index contributed by atoms with van der Waals surface area (Å²) in [5.41, 5.74) is 0. The average Bonchev–Trinajstić information content (AvgIpc) is 2.44. The normalized spacial score (nSPS) is 12.4. The maximum atomic E-state index is 11.5. The highest BCUT2D eigenvalue weighted by Crippen LogP contribution is 2.11. The van der Waals surface area contributed by atoms with Gasteiger partial charge in [-0.05, 0) is 24.7 Å². The first kappa shape index (κ1) is 22.9. The van der Waals surface area contributed by atoms with Crippen molar-refractivity contribution in [3.8, 4) is 0 Å². The van der Waals surface area contributed by atoms with Crippen LogP contribution in [-0.4, -0.2) is 21.6 Å². The Bertz CT molecular complexity index is 322. The van der Waals surface area contributed by atoms with Crippen LogP contribution in [0.2, 0.25) is 0 Å². The van der Waals surface area contributed by atoms with E-state index in [1.165, 1.54) is 25.7 Å². The maximum Gasteiger partial charge on any atom is 0.399 e. The molecule has 0 aromatic carbocycles. The summed E-state index contributed by atoms with van der Waals surface area (Å²) in [5, 5.41) is 0. The minimum atomic E-state index is -3.79. The molecule has 0 radical (unpaired) electrons. The van der Waals surface area contributed by atoms with E-state index in [1.807, 2.05) is 0 Å². The van der Waals surface area contributed by atoms with E-state index in [2.05, 4.69) is 27.7 Å². The van der Waals surface area contributed by atoms with Crippen molar-refractivity contribution in [1.29, 1.82) is 0 Å². The molecule has 23 heavy (non-hydrogen) atoms. The molecule has 0 rings (SSSR count). The van der Waals surface area contributed by atoms with Gasteiger partial charge in [-0.2, -0.15) is 8.42 Å². The van der Waals surface area contributed by atoms with Crippen LogP contribution >= 0.6 is 0 Å². The van der Waals surface area contributed by atoms with Crippen LogP contribution < -0.4 is 0 Å². The number of hydrogen-bond donors (Lipinski definition) is 0. The summed E-state index contributed by atoms with van der Waals surface area (Å²) in [6.07, 6.45) is 10.7. The third kappa shape index (κ3) is 18.1. The zero-order valence-corrected chi connectivity index (χ0v) is 16.5. The van der Waals surface area contributed by atoms with Gasteiger partial charge in [0.05, 0.1) is 13.2 Å². The van der Waals surface area contributed by atoms with E-state index in [0.29, 0.717) is 0 Å². The summed E-state index contributed by atoms with van der Waals surface area (Å²) in [5.74, 6) is 1.48. The number of hydrogen-bond acceptors (Lipinski definition) is 4. The Hall–Kier alpha value is -0.130. The second kappa shape index (κ2) is 14.2. The van der Waals surface area contributed by atoms with E-state index in [-0.39, 0.29) is 13.2 Å². The van der Waals surface area contributed by atoms with Crippen molar-refractivity contribution in [2.45, 2.75) is 91.9 Å². The molecule has 0 aromatic rings. The third-order valence-corrected chi connectivity index (χ3v) is 4.72. The predicted molar refractivity (Wildman–Crippen MR) is 96.7 cm³/mol. The largest absolute Gasteiger partial charge is 0.399 e. The first-order valence-corrected chi connectivity index (χ1v) is 10.7. The van der Waals surface area contributed by atoms with E-state index in [9.17, 15) is 8.42 Å². The Morgan fingerprint density at radius 3 is 1.30 bits per heavy atom. The van der Waals surface area contributed by atoms with Crippen LogP contribution in [-0.2, 0) is 18.8 Å². The topological polar surface area (TPSA) is 52.6 Å². The smallest absolute Gasteiger partial charge is 0.248 e. The zero-order chi connectivity index (χ0) is 17.6. The van der Waals surface area contributed by atoms with Gasteiger partial charge in [-0.3, -0.25) is 0 Å². The van der Waals surface area contributed by atoms with Gasteiger partial charge >= 0.3 is 10.4 Å². The minimum Gasteiger partial charge on any atom is -0.248 e. The molecular weight excluding hydrogens is 312 g/mol. The van der Waals surface area contributed by atoms with Crippen LogP contribution in [0.4, 0.5) is 0 Å². The first-order chi connectivity index (χ1) is 10.8. The summed E-state index contributed by atoms with van der Waals surface area (Å²) in [6.45, 7) is 9.35. The van der Waals surface area contributed by atoms with Gasteiger partial charge in [-0.1, -0.05) is 79.1 Å². The van der Waals surface area contributed by atoms with Gasteiger partial charge in [0, 0.05) is 0 Å². The molecule has 0 unspecified atom stereocenters. The fourth-order valence-corrected chi connectivity index (χ4v) is 3.08. The van der Waals surface area contributed by atoms with Crippen molar-refractivity contribution in [1.82, 2.24) is 0 Å². The SMILES string of the molecule is CC(C)CCCCCCOS(=O)(=O)OCCCCCCC(C)C. The lowest BCUT2D eigenvalue weighted by molar-refractivity contribution is 0.207. The Kier molecular flexibility index (Phi) is 14.2. The molecule has 0 spiro atoms. The first-order valence-electron chi connectivity index (χ1n) is 9.37. The molecule has 0 amide bonds. The summed E-state index contributed by atoms with van der Waals surface area (Å²) < 4.78 is 32.8. The lowest BCUT2D eigenvalue weighted by Crippen LogP contribution is -2.12. The fourth-order valence-electron chi connectivity index (χ4n) is 2.37. The van der Waals surface area contributed by atoms with Crippen LogP contribution in [0, 0.1) is 11.8 Å². The molecule has 0 atom stereocenters. The molecule has 0 fully saturated rings. The molecule has 0 N–H and O–H groups in total. The Morgan fingerprint density at radius 1 is 0.609 bits per heavy atom. The molecule has 0 aliphatic rings. The molecule has 5 heteroatoms. The molecule has 0 saturated heterocycles. The predicted octanol–water partition coefficient (Wildman–Crippen LogP) is 5.48. The summed E-state index contributed by atoms with van der Waals surface area (Å²) in [4.78, 5) is 0. The molecule has 0 saturated carbocycles. The van der Waals surface area contributed by atoms with Crippen molar-refractivity contribution >= 4 is 10.4 Å². The van der Waals surface area contributed by atoms with Crippen molar-refractivity contribution in [3.05, 3.63) is 0 Å². The maximum absolute atomic E-state index is 11.5. The lowest BCUT2D eigenvalue weighted by atomic mass is 10.0. The highest BCUT2D eigenvalue weighted by molar-refractivity contribution is 7.81. The lowest BCUT2D eigenvalue weighted by Gasteiger charge is -2.07. The number of rotatable bonds is 16. The van der Waals surface area contributed by atoms with Crippen LogP contribution in [0.25, 0.3) is 0 Å². The van der Waals surface area contributed by atoms with Gasteiger partial charge in [-0.25, -0.2) is 8.37 Å². The van der Waals surface area contributed by atoms with Crippen LogP contribution in [0.3, 0.4) is 0 Å². The van der Waals surface area contributed by atoms with Gasteiger partial charge in [0.25, 0.3) is 0 Å². The van der Waals surface area contributed by atoms with Crippen molar-refractivity contribution in [2.24, 2.45) is 11.8 Å². The van der Waals surface area contributed by atoms with Gasteiger partial charge < -0.3 is 0 Å². The van der Waals surface area contributed by atoms with E-state index < -0.39 is 10.4 Å². The molecule has 0 bridgehead atoms. The van der Waals surface area contributed by atoms with Gasteiger partial charge in [0.15, 0.2) is 0 Å². The standard InChI is InChI=1S/C18H38O4S/c1-17(2)13-9-5-7-11-15-21-23(19,20)22-16-12-8-6-10-14-18(3)4/h17-18H,5-16H2,1-4H3. The highest BCUT2D eigenvalue weighted by atomic mass is 32.3. The molecule has 0 heterocycles. The Balaban J connectivity index is 3.44. The molecule has 0 aliphatic carbocycles. The van der Waals surface area contributed by atoms with E-state index in [4.69, 9.17) is 8.37 Å². The molecular formula is C18H38O4S. The third-order valence-electron chi connectivity index (χ3n) is 3.81. The highest BCUT2D eigenvalue weighted by Gasteiger charge is 2.11. The Morgan fingerprint density at radius 2 is 0.957 bits per heavy atom. The summed E-state index contributed by atoms with van der Waals surface area (Å²) >= 11 is 0. The van der Waals surface area contributed by atoms with Crippen molar-refractivity contribution in [3.63, 3.8) is 0 Å². The van der Waals surface area contributed by atoms with Crippen molar-refractivity contribution < 1.29 is 16.8 Å². The second-order valence-corrected chi connectivity index (χ2v) is 8.53. The summed E-state index contributed by atoms with van der Waals surface area (Å²) in [7, 11) is -3.79. The molecule has 4 nitrogen and oxygen atoms in total. The number of unbranched alkanes of at least 4 members (excludes halogenated alkanes) is 6. The Labute approximate surface area is 144 Å². The zero-order valence-electron chi connectivity index (χ0n) is 15.7. The van der Waals surface area contributed by atoms with Gasteiger partial charge in [0.1, 0.15) is 0 Å². The molecule has 0 aromatic heterocycles.